The lowest BCUT2D eigenvalue weighted by Gasteiger charge is -2.09. The van der Waals surface area contributed by atoms with Crippen LogP contribution in [0.4, 0.5) is 0 Å². The van der Waals surface area contributed by atoms with Crippen LogP contribution in [-0.2, 0) is 11.2 Å². The summed E-state index contributed by atoms with van der Waals surface area (Å²) in [5, 5.41) is 2.76. The fourth-order valence-corrected chi connectivity index (χ4v) is 2.95. The minimum Gasteiger partial charge on any atom is -0.352 e. The second-order valence-electron chi connectivity index (χ2n) is 5.53. The fraction of sp³-hybridized carbons (Fsp3) is 0.200. The first kappa shape index (κ1) is 15.2. The Bertz CT molecular complexity index is 801. The predicted molar refractivity (Wildman–Crippen MR) is 91.3 cm³/mol. The van der Waals surface area contributed by atoms with Crippen molar-refractivity contribution in [2.45, 2.75) is 20.3 Å². The summed E-state index contributed by atoms with van der Waals surface area (Å²) in [5.41, 5.74) is 4.55. The number of hydrogen-bond donors (Lipinski definition) is 1. The molecule has 1 amide bonds. The van der Waals surface area contributed by atoms with E-state index in [2.05, 4.69) is 12.2 Å². The summed E-state index contributed by atoms with van der Waals surface area (Å²) in [6.07, 6.45) is 0.956. The molecule has 0 spiro atoms. The van der Waals surface area contributed by atoms with Crippen molar-refractivity contribution < 1.29 is 9.59 Å². The fourth-order valence-electron chi connectivity index (χ4n) is 2.95. The van der Waals surface area contributed by atoms with Crippen LogP contribution in [0, 0.1) is 0 Å². The van der Waals surface area contributed by atoms with E-state index in [1.54, 1.807) is 6.07 Å². The Labute approximate surface area is 136 Å². The van der Waals surface area contributed by atoms with Gasteiger partial charge in [0.1, 0.15) is 0 Å². The molecule has 1 aliphatic carbocycles. The molecule has 0 bridgehead atoms. The Morgan fingerprint density at radius 1 is 0.957 bits per heavy atom. The third-order valence-corrected chi connectivity index (χ3v) is 4.13. The summed E-state index contributed by atoms with van der Waals surface area (Å²) in [6, 6.07) is 15.5. The van der Waals surface area contributed by atoms with Crippen LogP contribution in [0.3, 0.4) is 0 Å². The number of nitrogens with one attached hydrogen (secondary N) is 1. The molecule has 23 heavy (non-hydrogen) atoms. The van der Waals surface area contributed by atoms with Crippen molar-refractivity contribution in [1.29, 1.82) is 0 Å². The van der Waals surface area contributed by atoms with Gasteiger partial charge in [0.15, 0.2) is 5.78 Å². The number of carbonyl (C=O) groups excluding carboxylic acids is 2. The maximum absolute atomic E-state index is 12.7. The number of fused-ring (bicyclic) bond motifs is 1. The van der Waals surface area contributed by atoms with E-state index in [0.29, 0.717) is 12.1 Å². The van der Waals surface area contributed by atoms with Crippen LogP contribution < -0.4 is 5.32 Å². The van der Waals surface area contributed by atoms with Crippen molar-refractivity contribution in [2.24, 2.45) is 0 Å². The van der Waals surface area contributed by atoms with Crippen LogP contribution in [0.1, 0.15) is 40.9 Å². The molecule has 0 unspecified atom stereocenters. The normalized spacial score (nSPS) is 13.2. The number of carbonyl (C=O) groups is 2. The van der Waals surface area contributed by atoms with Crippen LogP contribution in [0.25, 0.3) is 5.57 Å². The Kier molecular flexibility index (Phi) is 4.11. The summed E-state index contributed by atoms with van der Waals surface area (Å²) < 4.78 is 0. The molecule has 0 atom stereocenters. The average Bonchev–Trinajstić information content (AvgIpc) is 2.88. The second-order valence-corrected chi connectivity index (χ2v) is 5.53. The molecule has 0 saturated carbocycles. The number of benzene rings is 2. The van der Waals surface area contributed by atoms with E-state index in [4.69, 9.17) is 0 Å². The summed E-state index contributed by atoms with van der Waals surface area (Å²) in [7, 11) is 0. The maximum Gasteiger partial charge on any atom is 0.255 e. The van der Waals surface area contributed by atoms with Crippen LogP contribution in [0.15, 0.2) is 54.1 Å². The first-order valence-corrected chi connectivity index (χ1v) is 7.93. The standard InChI is InChI=1S/C20H19NO2/c1-3-13-9-11-14(12-10-13)17-15-7-5-6-8-16(15)19(22)18(17)20(23)21-4-2/h5-12H,3-4H2,1-2H3,(H,21,23). The average molecular weight is 305 g/mol. The van der Waals surface area contributed by atoms with Gasteiger partial charge in [-0.25, -0.2) is 0 Å². The van der Waals surface area contributed by atoms with Crippen molar-refractivity contribution in [1.82, 2.24) is 5.32 Å². The summed E-state index contributed by atoms with van der Waals surface area (Å²) >= 11 is 0. The van der Waals surface area contributed by atoms with Gasteiger partial charge in [0.05, 0.1) is 5.57 Å². The summed E-state index contributed by atoms with van der Waals surface area (Å²) in [6.45, 7) is 4.44. The molecule has 1 N–H and O–H groups in total. The predicted octanol–water partition coefficient (Wildman–Crippen LogP) is 3.38. The highest BCUT2D eigenvalue weighted by atomic mass is 16.2. The Balaban J connectivity index is 2.19. The zero-order valence-electron chi connectivity index (χ0n) is 13.3. The molecule has 3 heteroatoms. The van der Waals surface area contributed by atoms with Gasteiger partial charge in [-0.3, -0.25) is 9.59 Å². The van der Waals surface area contributed by atoms with E-state index < -0.39 is 0 Å². The van der Waals surface area contributed by atoms with Gasteiger partial charge in [-0.05, 0) is 30.0 Å². The molecule has 1 aliphatic rings. The quantitative estimate of drug-likeness (QED) is 0.880. The molecule has 0 aromatic heterocycles. The third kappa shape index (κ3) is 2.59. The van der Waals surface area contributed by atoms with Crippen LogP contribution >= 0.6 is 0 Å². The highest BCUT2D eigenvalue weighted by molar-refractivity contribution is 6.36. The molecule has 0 fully saturated rings. The molecule has 2 aromatic rings. The maximum atomic E-state index is 12.7. The lowest BCUT2D eigenvalue weighted by Crippen LogP contribution is -2.27. The summed E-state index contributed by atoms with van der Waals surface area (Å²) in [5.74, 6) is -0.496. The van der Waals surface area contributed by atoms with E-state index in [1.165, 1.54) is 5.56 Å². The molecule has 3 nitrogen and oxygen atoms in total. The number of ketones is 1. The van der Waals surface area contributed by atoms with E-state index in [-0.39, 0.29) is 17.3 Å². The van der Waals surface area contributed by atoms with Crippen molar-refractivity contribution >= 4 is 17.3 Å². The molecule has 0 heterocycles. The molecule has 2 aromatic carbocycles. The third-order valence-electron chi connectivity index (χ3n) is 4.13. The summed E-state index contributed by atoms with van der Waals surface area (Å²) in [4.78, 5) is 25.1. The van der Waals surface area contributed by atoms with Crippen LogP contribution in [-0.4, -0.2) is 18.2 Å². The smallest absolute Gasteiger partial charge is 0.255 e. The first-order chi connectivity index (χ1) is 11.2. The highest BCUT2D eigenvalue weighted by Crippen LogP contribution is 2.37. The van der Waals surface area contributed by atoms with Gasteiger partial charge < -0.3 is 5.32 Å². The Morgan fingerprint density at radius 2 is 1.61 bits per heavy atom. The number of hydrogen-bond acceptors (Lipinski definition) is 2. The van der Waals surface area contributed by atoms with Gasteiger partial charge in [0.25, 0.3) is 5.91 Å². The number of Topliss-reactive ketones (excluding diaryl/α,β-unsaturated/α-hetero) is 1. The minimum absolute atomic E-state index is 0.193. The zero-order valence-corrected chi connectivity index (χ0v) is 13.3. The van der Waals surface area contributed by atoms with Gasteiger partial charge in [-0.2, -0.15) is 0 Å². The first-order valence-electron chi connectivity index (χ1n) is 7.93. The van der Waals surface area contributed by atoms with E-state index in [1.807, 2.05) is 49.4 Å². The van der Waals surface area contributed by atoms with E-state index in [9.17, 15) is 9.59 Å². The zero-order chi connectivity index (χ0) is 16.4. The molecule has 0 aliphatic heterocycles. The van der Waals surface area contributed by atoms with Gasteiger partial charge in [-0.15, -0.1) is 0 Å². The molecule has 3 rings (SSSR count). The second kappa shape index (κ2) is 6.21. The largest absolute Gasteiger partial charge is 0.352 e. The van der Waals surface area contributed by atoms with Crippen LogP contribution in [0.5, 0.6) is 0 Å². The Morgan fingerprint density at radius 3 is 2.22 bits per heavy atom. The molecule has 0 saturated heterocycles. The Hall–Kier alpha value is -2.68. The van der Waals surface area contributed by atoms with Crippen molar-refractivity contribution in [3.8, 4) is 0 Å². The minimum atomic E-state index is -0.303. The number of rotatable bonds is 4. The monoisotopic (exact) mass is 305 g/mol. The van der Waals surface area contributed by atoms with Crippen molar-refractivity contribution in [2.75, 3.05) is 6.54 Å². The van der Waals surface area contributed by atoms with Gasteiger partial charge in [-0.1, -0.05) is 55.5 Å². The van der Waals surface area contributed by atoms with E-state index in [0.717, 1.165) is 23.1 Å². The topological polar surface area (TPSA) is 46.2 Å². The molecule has 116 valence electrons. The molecule has 0 radical (unpaired) electrons. The SMILES string of the molecule is CCNC(=O)C1=C(c2ccc(CC)cc2)c2ccccc2C1=O. The lowest BCUT2D eigenvalue weighted by atomic mass is 9.96. The number of amides is 1. The van der Waals surface area contributed by atoms with E-state index >= 15 is 0 Å². The number of aryl methyl sites for hydroxylation is 1. The highest BCUT2D eigenvalue weighted by Gasteiger charge is 2.34. The van der Waals surface area contributed by atoms with Crippen molar-refractivity contribution in [3.05, 3.63) is 76.4 Å². The molecular formula is C20H19NO2. The van der Waals surface area contributed by atoms with Gasteiger partial charge in [0.2, 0.25) is 0 Å². The lowest BCUT2D eigenvalue weighted by molar-refractivity contribution is -0.117. The number of likely N-dealkylation sites (N-methyl/N-ethyl adjacent to an activating group) is 1. The molecular weight excluding hydrogens is 286 g/mol. The van der Waals surface area contributed by atoms with Gasteiger partial charge in [0, 0.05) is 17.7 Å². The van der Waals surface area contributed by atoms with Crippen molar-refractivity contribution in [3.63, 3.8) is 0 Å². The van der Waals surface area contributed by atoms with Gasteiger partial charge >= 0.3 is 0 Å². The van der Waals surface area contributed by atoms with Crippen LogP contribution in [0.2, 0.25) is 0 Å².